The number of carboxylic acids is 1. The van der Waals surface area contributed by atoms with Crippen LogP contribution in [0.2, 0.25) is 0 Å². The molecule has 3 aromatic rings. The van der Waals surface area contributed by atoms with Gasteiger partial charge in [-0.05, 0) is 23.1 Å². The molecular formula is C26H30N4O6S. The number of aromatic nitrogens is 3. The van der Waals surface area contributed by atoms with Gasteiger partial charge in [0, 0.05) is 37.1 Å². The summed E-state index contributed by atoms with van der Waals surface area (Å²) in [6.45, 7) is 0.345. The van der Waals surface area contributed by atoms with Gasteiger partial charge in [0.2, 0.25) is 5.91 Å². The molecule has 0 saturated carbocycles. The Kier molecular flexibility index (Phi) is 9.66. The fourth-order valence-electron chi connectivity index (χ4n) is 3.94. The van der Waals surface area contributed by atoms with Crippen molar-refractivity contribution < 1.29 is 29.3 Å². The second kappa shape index (κ2) is 13.3. The van der Waals surface area contributed by atoms with Crippen LogP contribution in [0.4, 0.5) is 0 Å². The van der Waals surface area contributed by atoms with Crippen LogP contribution < -0.4 is 5.32 Å². The van der Waals surface area contributed by atoms with Gasteiger partial charge in [0.1, 0.15) is 6.33 Å². The van der Waals surface area contributed by atoms with E-state index in [4.69, 9.17) is 14.6 Å². The van der Waals surface area contributed by atoms with Gasteiger partial charge in [-0.15, -0.1) is 0 Å². The van der Waals surface area contributed by atoms with Crippen molar-refractivity contribution >= 4 is 23.6 Å². The number of hydrogen-bond donors (Lipinski definition) is 4. The summed E-state index contributed by atoms with van der Waals surface area (Å²) < 4.78 is 12.7. The molecule has 196 valence electrons. The van der Waals surface area contributed by atoms with E-state index in [0.717, 1.165) is 27.4 Å². The highest BCUT2D eigenvalue weighted by Crippen LogP contribution is 2.39. The molecule has 3 atom stereocenters. The van der Waals surface area contributed by atoms with Crippen LogP contribution in [0.5, 0.6) is 0 Å². The highest BCUT2D eigenvalue weighted by atomic mass is 32.2. The van der Waals surface area contributed by atoms with Crippen molar-refractivity contribution in [1.29, 1.82) is 0 Å². The lowest BCUT2D eigenvalue weighted by Crippen LogP contribution is -2.31. The van der Waals surface area contributed by atoms with E-state index in [9.17, 15) is 14.7 Å². The summed E-state index contributed by atoms with van der Waals surface area (Å²) in [5.74, 6) is -0.406. The number of aliphatic hydroxyl groups is 1. The summed E-state index contributed by atoms with van der Waals surface area (Å²) in [6, 6.07) is 15.4. The van der Waals surface area contributed by atoms with Gasteiger partial charge in [-0.1, -0.05) is 60.3 Å². The number of aliphatic carboxylic acids is 1. The number of benzene rings is 2. The number of rotatable bonds is 12. The minimum atomic E-state index is -0.904. The number of thioether (sulfide) groups is 1. The van der Waals surface area contributed by atoms with Gasteiger partial charge in [-0.25, -0.2) is 4.98 Å². The zero-order chi connectivity index (χ0) is 26.0. The van der Waals surface area contributed by atoms with E-state index in [2.05, 4.69) is 20.5 Å². The molecule has 11 heteroatoms. The smallest absolute Gasteiger partial charge is 0.303 e. The highest BCUT2D eigenvalue weighted by molar-refractivity contribution is 7.99. The number of aromatic amines is 1. The second-order valence-corrected chi connectivity index (χ2v) is 9.73. The topological polar surface area (TPSA) is 147 Å². The number of H-pyrrole nitrogens is 1. The lowest BCUT2D eigenvalue weighted by molar-refractivity contribution is -0.245. The van der Waals surface area contributed by atoms with Crippen LogP contribution >= 0.6 is 11.8 Å². The minimum Gasteiger partial charge on any atom is -0.481 e. The first-order valence-corrected chi connectivity index (χ1v) is 13.0. The molecule has 37 heavy (non-hydrogen) atoms. The van der Waals surface area contributed by atoms with Crippen molar-refractivity contribution in [2.45, 2.75) is 62.5 Å². The molecule has 2 heterocycles. The lowest BCUT2D eigenvalue weighted by Gasteiger charge is -2.36. The van der Waals surface area contributed by atoms with Crippen LogP contribution in [-0.2, 0) is 32.2 Å². The molecule has 4 N–H and O–H groups in total. The Morgan fingerprint density at radius 1 is 1.03 bits per heavy atom. The number of carbonyl (C=O) groups excluding carboxylic acids is 1. The lowest BCUT2D eigenvalue weighted by atomic mass is 10.0. The predicted octanol–water partition coefficient (Wildman–Crippen LogP) is 3.51. The average molecular weight is 527 g/mol. The average Bonchev–Trinajstić information content (AvgIpc) is 3.44. The van der Waals surface area contributed by atoms with E-state index in [1.54, 1.807) is 0 Å². The van der Waals surface area contributed by atoms with Crippen molar-refractivity contribution in [3.05, 3.63) is 77.1 Å². The second-order valence-electron chi connectivity index (χ2n) is 8.72. The Hall–Kier alpha value is -3.25. The van der Waals surface area contributed by atoms with Crippen molar-refractivity contribution in [2.75, 3.05) is 5.75 Å². The van der Waals surface area contributed by atoms with Gasteiger partial charge in [0.05, 0.1) is 18.8 Å². The van der Waals surface area contributed by atoms with Crippen LogP contribution in [0.1, 0.15) is 60.3 Å². The fourth-order valence-corrected chi connectivity index (χ4v) is 4.74. The number of carboxylic acid groups (broad SMARTS) is 1. The molecule has 1 aliphatic rings. The first-order valence-electron chi connectivity index (χ1n) is 12.1. The third kappa shape index (κ3) is 8.12. The van der Waals surface area contributed by atoms with E-state index in [1.807, 2.05) is 48.5 Å². The molecule has 0 spiro atoms. The first kappa shape index (κ1) is 26.8. The predicted molar refractivity (Wildman–Crippen MR) is 135 cm³/mol. The molecule has 1 fully saturated rings. The normalized spacial score (nSPS) is 19.4. The number of hydrogen-bond acceptors (Lipinski definition) is 8. The standard InChI is InChI=1S/C26H30N4O6S/c31-14-18-6-8-19(9-7-18)22-12-21(15-37-26-28-16-29-30-26)35-25(36-22)20-10-4-17(5-11-20)13-27-23(32)2-1-3-24(33)34/h4-11,16,21-22,25,31H,1-3,12-15H2,(H,27,32)(H,33,34)(H,28,29,30). The number of ether oxygens (including phenoxy) is 2. The number of nitrogens with zero attached hydrogens (tertiary/aromatic N) is 2. The number of carbonyl (C=O) groups is 2. The maximum atomic E-state index is 11.9. The van der Waals surface area contributed by atoms with Crippen molar-refractivity contribution in [3.8, 4) is 0 Å². The maximum Gasteiger partial charge on any atom is 0.303 e. The number of nitrogens with one attached hydrogen (secondary N) is 2. The third-order valence-corrected chi connectivity index (χ3v) is 6.96. The number of aliphatic hydroxyl groups excluding tert-OH is 1. The molecule has 1 saturated heterocycles. The Morgan fingerprint density at radius 2 is 1.76 bits per heavy atom. The molecule has 10 nitrogen and oxygen atoms in total. The highest BCUT2D eigenvalue weighted by Gasteiger charge is 2.32. The van der Waals surface area contributed by atoms with Crippen molar-refractivity contribution in [1.82, 2.24) is 20.5 Å². The van der Waals surface area contributed by atoms with Gasteiger partial charge in [0.25, 0.3) is 0 Å². The number of amides is 1. The molecule has 0 bridgehead atoms. The van der Waals surface area contributed by atoms with Gasteiger partial charge < -0.3 is 25.0 Å². The van der Waals surface area contributed by atoms with Gasteiger partial charge >= 0.3 is 5.97 Å². The van der Waals surface area contributed by atoms with Crippen molar-refractivity contribution in [3.63, 3.8) is 0 Å². The fraction of sp³-hybridized carbons (Fsp3) is 0.385. The van der Waals surface area contributed by atoms with Crippen LogP contribution in [0.25, 0.3) is 0 Å². The molecule has 1 aliphatic heterocycles. The largest absolute Gasteiger partial charge is 0.481 e. The molecule has 0 radical (unpaired) electrons. The molecule has 0 aliphatic carbocycles. The maximum absolute atomic E-state index is 11.9. The van der Waals surface area contributed by atoms with Crippen LogP contribution in [0.3, 0.4) is 0 Å². The summed E-state index contributed by atoms with van der Waals surface area (Å²) in [5, 5.41) is 28.3. The van der Waals surface area contributed by atoms with E-state index >= 15 is 0 Å². The summed E-state index contributed by atoms with van der Waals surface area (Å²) >= 11 is 1.54. The monoisotopic (exact) mass is 526 g/mol. The Balaban J connectivity index is 1.39. The van der Waals surface area contributed by atoms with Crippen molar-refractivity contribution in [2.24, 2.45) is 0 Å². The Morgan fingerprint density at radius 3 is 2.43 bits per heavy atom. The molecule has 4 rings (SSSR count). The first-order chi connectivity index (χ1) is 18.0. The molecule has 3 unspecified atom stereocenters. The molecule has 1 aromatic heterocycles. The molecular weight excluding hydrogens is 496 g/mol. The zero-order valence-electron chi connectivity index (χ0n) is 20.2. The van der Waals surface area contributed by atoms with Gasteiger partial charge in [0.15, 0.2) is 11.4 Å². The van der Waals surface area contributed by atoms with E-state index in [0.29, 0.717) is 25.1 Å². The Bertz CT molecular complexity index is 1140. The summed E-state index contributed by atoms with van der Waals surface area (Å²) in [7, 11) is 0. The van der Waals surface area contributed by atoms with E-state index in [1.165, 1.54) is 18.1 Å². The van der Waals surface area contributed by atoms with Gasteiger partial charge in [-0.3, -0.25) is 14.7 Å². The molecule has 2 aromatic carbocycles. The summed E-state index contributed by atoms with van der Waals surface area (Å²) in [5.41, 5.74) is 3.64. The molecule has 1 amide bonds. The summed E-state index contributed by atoms with van der Waals surface area (Å²) in [6.07, 6.45) is 1.77. The van der Waals surface area contributed by atoms with Crippen LogP contribution in [-0.4, -0.2) is 49.1 Å². The Labute approximate surface area is 218 Å². The SMILES string of the molecule is O=C(O)CCCC(=O)NCc1ccc(C2OC(CSc3ncn[nH]3)CC(c3ccc(CO)cc3)O2)cc1. The van der Waals surface area contributed by atoms with E-state index in [-0.39, 0.29) is 37.6 Å². The van der Waals surface area contributed by atoms with Crippen LogP contribution in [0.15, 0.2) is 60.0 Å². The third-order valence-electron chi connectivity index (χ3n) is 5.95. The van der Waals surface area contributed by atoms with E-state index < -0.39 is 12.3 Å². The summed E-state index contributed by atoms with van der Waals surface area (Å²) in [4.78, 5) is 26.7. The van der Waals surface area contributed by atoms with Gasteiger partial charge in [-0.2, -0.15) is 5.10 Å². The zero-order valence-corrected chi connectivity index (χ0v) is 21.0. The minimum absolute atomic E-state index is 0.0108. The quantitative estimate of drug-likeness (QED) is 0.260. The van der Waals surface area contributed by atoms with Crippen LogP contribution in [0, 0.1) is 0 Å².